The largest absolute Gasteiger partial charge is 0.0622 e. The average molecular weight is 1010 g/mol. The van der Waals surface area contributed by atoms with Gasteiger partial charge in [-0.3, -0.25) is 0 Å². The lowest BCUT2D eigenvalue weighted by Crippen LogP contribution is -1.93. The molecule has 0 spiro atoms. The van der Waals surface area contributed by atoms with Gasteiger partial charge in [-0.2, -0.15) is 0 Å². The van der Waals surface area contributed by atoms with Crippen LogP contribution >= 0.6 is 0 Å². The van der Waals surface area contributed by atoms with Crippen LogP contribution in [0.25, 0.3) is 175 Å². The Kier molecular flexibility index (Phi) is 9.81. The van der Waals surface area contributed by atoms with Crippen molar-refractivity contribution in [2.75, 3.05) is 0 Å². The van der Waals surface area contributed by atoms with Crippen molar-refractivity contribution in [2.45, 2.75) is 0 Å². The first-order valence-electron chi connectivity index (χ1n) is 27.9. The zero-order valence-electron chi connectivity index (χ0n) is 43.7. The summed E-state index contributed by atoms with van der Waals surface area (Å²) >= 11 is 0. The van der Waals surface area contributed by atoms with E-state index in [-0.39, 0.29) is 0 Å². The van der Waals surface area contributed by atoms with Gasteiger partial charge in [0.25, 0.3) is 0 Å². The summed E-state index contributed by atoms with van der Waals surface area (Å²) in [6, 6.07) is 109. The average Bonchev–Trinajstić information content (AvgIpc) is 4.13. The Morgan fingerprint density at radius 1 is 0.138 bits per heavy atom. The predicted molar refractivity (Wildman–Crippen MR) is 344 cm³/mol. The molecule has 17 aromatic rings. The number of rotatable bonds is 7. The zero-order chi connectivity index (χ0) is 52.4. The van der Waals surface area contributed by atoms with Gasteiger partial charge >= 0.3 is 0 Å². The van der Waals surface area contributed by atoms with Crippen LogP contribution in [0.2, 0.25) is 0 Å². The third-order valence-corrected chi connectivity index (χ3v) is 17.5. The molecule has 0 radical (unpaired) electrons. The van der Waals surface area contributed by atoms with Crippen LogP contribution in [0.4, 0.5) is 0 Å². The summed E-state index contributed by atoms with van der Waals surface area (Å²) in [4.78, 5) is 0. The van der Waals surface area contributed by atoms with Crippen LogP contribution in [0.3, 0.4) is 0 Å². The van der Waals surface area contributed by atoms with Crippen LogP contribution in [0.5, 0.6) is 0 Å². The molecule has 0 heterocycles. The van der Waals surface area contributed by atoms with Gasteiger partial charge in [0.1, 0.15) is 0 Å². The monoisotopic (exact) mass is 1010 g/mol. The van der Waals surface area contributed by atoms with Crippen molar-refractivity contribution in [2.24, 2.45) is 0 Å². The van der Waals surface area contributed by atoms with Crippen molar-refractivity contribution < 1.29 is 0 Å². The van der Waals surface area contributed by atoms with E-state index < -0.39 is 0 Å². The molecule has 0 fully saturated rings. The fraction of sp³-hybridized carbons (Fsp3) is 0. The molecular weight excluding hydrogens is 961 g/mol. The van der Waals surface area contributed by atoms with E-state index in [4.69, 9.17) is 0 Å². The molecule has 0 saturated carbocycles. The van der Waals surface area contributed by atoms with E-state index in [1.807, 2.05) is 0 Å². The summed E-state index contributed by atoms with van der Waals surface area (Å²) in [6.07, 6.45) is 0. The summed E-state index contributed by atoms with van der Waals surface area (Å²) in [6.45, 7) is 0. The van der Waals surface area contributed by atoms with Gasteiger partial charge in [-0.25, -0.2) is 0 Å². The molecule has 0 heteroatoms. The fourth-order valence-electron chi connectivity index (χ4n) is 14.2. The SMILES string of the molecule is c1ccc(-c2ccccc2-c2ccc3c(c2)c2cccc4c5c(-c6ccccc6)c6c7cc8ccc(-c9c(-c%10ccccc%10)ccc%10ccccc9%10)cc8c8cccc(c6c(-c6ccccc6-c6ccccc6)c5cc3c24)c87)cc1. The first-order valence-corrected chi connectivity index (χ1v) is 27.9. The van der Waals surface area contributed by atoms with Crippen LogP contribution < -0.4 is 0 Å². The molecule has 0 aliphatic carbocycles. The number of fused-ring (bicyclic) bond motifs is 11. The molecule has 0 aliphatic rings. The van der Waals surface area contributed by atoms with Crippen LogP contribution in [0, 0.1) is 0 Å². The molecular formula is C80H48. The van der Waals surface area contributed by atoms with Crippen molar-refractivity contribution in [3.8, 4) is 77.9 Å². The quantitative estimate of drug-likeness (QED) is 0.140. The molecule has 0 atom stereocenters. The second kappa shape index (κ2) is 17.6. The topological polar surface area (TPSA) is 0 Å². The third kappa shape index (κ3) is 6.57. The number of benzene rings is 15. The maximum absolute atomic E-state index is 2.58. The maximum Gasteiger partial charge on any atom is -0.000697 e. The van der Waals surface area contributed by atoms with E-state index in [1.54, 1.807) is 0 Å². The Bertz CT molecular complexity index is 5310. The Balaban J connectivity index is 1.03. The first-order chi connectivity index (χ1) is 39.7. The lowest BCUT2D eigenvalue weighted by molar-refractivity contribution is 1.60. The normalized spacial score (nSPS) is 12.0. The molecule has 0 aliphatic heterocycles. The smallest absolute Gasteiger partial charge is 0.000697 e. The van der Waals surface area contributed by atoms with Crippen molar-refractivity contribution in [3.63, 3.8) is 0 Å². The van der Waals surface area contributed by atoms with E-state index >= 15 is 0 Å². The summed E-state index contributed by atoms with van der Waals surface area (Å²) in [5, 5.41) is 23.0. The summed E-state index contributed by atoms with van der Waals surface area (Å²) in [7, 11) is 0. The fourth-order valence-corrected chi connectivity index (χ4v) is 14.2. The standard InChI is InChI=1S/C80H48/c1-5-21-49(22-6-1)57-30-15-16-32-59(57)54-42-44-62-69(45-54)65-36-20-37-66-75(65)70(62)48-72-77(63-34-18-17-31-58(63)50-23-7-2-8-24-50)79-67-38-19-35-64-68-47-56(73-60-33-14-13-27-52(60)41-43-61(73)51-25-9-3-10-26-51)40-39-55(68)46-71(76(64)67)80(79)74(78(66)72)53-28-11-4-12-29-53/h1-48H. The second-order valence-corrected chi connectivity index (χ2v) is 21.7. The van der Waals surface area contributed by atoms with E-state index in [9.17, 15) is 0 Å². The molecule has 0 amide bonds. The van der Waals surface area contributed by atoms with Gasteiger partial charge in [-0.15, -0.1) is 0 Å². The molecule has 17 aromatic carbocycles. The lowest BCUT2D eigenvalue weighted by atomic mass is 9.82. The molecule has 0 nitrogen and oxygen atoms in total. The minimum atomic E-state index is 1.20. The van der Waals surface area contributed by atoms with Gasteiger partial charge in [-0.1, -0.05) is 267 Å². The zero-order valence-corrected chi connectivity index (χ0v) is 43.7. The second-order valence-electron chi connectivity index (χ2n) is 21.7. The van der Waals surface area contributed by atoms with Gasteiger partial charge in [0.05, 0.1) is 0 Å². The molecule has 368 valence electrons. The minimum absolute atomic E-state index is 1.20. The highest BCUT2D eigenvalue weighted by molar-refractivity contribution is 6.46. The maximum atomic E-state index is 2.58. The van der Waals surface area contributed by atoms with Crippen molar-refractivity contribution in [1.82, 2.24) is 0 Å². The van der Waals surface area contributed by atoms with E-state index in [2.05, 4.69) is 291 Å². The number of hydrogen-bond acceptors (Lipinski definition) is 0. The Morgan fingerprint density at radius 3 is 1.30 bits per heavy atom. The summed E-state index contributed by atoms with van der Waals surface area (Å²) in [5.41, 5.74) is 17.3. The van der Waals surface area contributed by atoms with Gasteiger partial charge in [0.15, 0.2) is 0 Å². The highest BCUT2D eigenvalue weighted by Crippen LogP contribution is 2.57. The molecule has 80 heavy (non-hydrogen) atoms. The Labute approximate surface area is 463 Å². The van der Waals surface area contributed by atoms with E-state index in [0.29, 0.717) is 0 Å². The molecule has 17 rings (SSSR count). The molecule has 0 N–H and O–H groups in total. The first kappa shape index (κ1) is 44.7. The van der Waals surface area contributed by atoms with Gasteiger partial charge < -0.3 is 0 Å². The Hall–Kier alpha value is -10.4. The minimum Gasteiger partial charge on any atom is -0.0622 e. The van der Waals surface area contributed by atoms with Gasteiger partial charge in [-0.05, 0) is 199 Å². The van der Waals surface area contributed by atoms with Crippen LogP contribution in [-0.4, -0.2) is 0 Å². The highest BCUT2D eigenvalue weighted by Gasteiger charge is 2.28. The van der Waals surface area contributed by atoms with Crippen LogP contribution in [0.1, 0.15) is 0 Å². The molecule has 0 unspecified atom stereocenters. The summed E-state index contributed by atoms with van der Waals surface area (Å²) in [5.74, 6) is 0. The highest BCUT2D eigenvalue weighted by atomic mass is 14.3. The van der Waals surface area contributed by atoms with Crippen molar-refractivity contribution >= 4 is 97.0 Å². The number of hydrogen-bond donors (Lipinski definition) is 0. The van der Waals surface area contributed by atoms with Crippen molar-refractivity contribution in [1.29, 1.82) is 0 Å². The molecule has 0 aromatic heterocycles. The Morgan fingerprint density at radius 2 is 0.613 bits per heavy atom. The van der Waals surface area contributed by atoms with Crippen LogP contribution in [-0.2, 0) is 0 Å². The van der Waals surface area contributed by atoms with Gasteiger partial charge in [0.2, 0.25) is 0 Å². The predicted octanol–water partition coefficient (Wildman–Crippen LogP) is 22.6. The van der Waals surface area contributed by atoms with E-state index in [0.717, 1.165) is 0 Å². The molecule has 0 bridgehead atoms. The molecule has 0 saturated heterocycles. The van der Waals surface area contributed by atoms with E-state index in [1.165, 1.54) is 175 Å². The summed E-state index contributed by atoms with van der Waals surface area (Å²) < 4.78 is 0. The third-order valence-electron chi connectivity index (χ3n) is 17.5. The van der Waals surface area contributed by atoms with Gasteiger partial charge in [0, 0.05) is 0 Å². The van der Waals surface area contributed by atoms with Crippen LogP contribution in [0.15, 0.2) is 291 Å². The lowest BCUT2D eigenvalue weighted by Gasteiger charge is -2.20. The van der Waals surface area contributed by atoms with Crippen molar-refractivity contribution in [3.05, 3.63) is 291 Å².